The molecule has 0 radical (unpaired) electrons. The van der Waals surface area contributed by atoms with E-state index in [4.69, 9.17) is 9.84 Å². The minimum absolute atomic E-state index is 0.318. The number of rotatable bonds is 3. The number of hydrogen-bond acceptors (Lipinski definition) is 4. The summed E-state index contributed by atoms with van der Waals surface area (Å²) in [6.45, 7) is 4.63. The molecule has 0 amide bonds. The smallest absolute Gasteiger partial charge is 0.150 e. The Balaban J connectivity index is 1.46. The molecule has 2 saturated heterocycles. The van der Waals surface area contributed by atoms with Crippen LogP contribution in [0.4, 0.5) is 5.82 Å². The van der Waals surface area contributed by atoms with E-state index in [1.807, 2.05) is 10.7 Å². The number of hydrogen-bond donors (Lipinski definition) is 0. The predicted octanol–water partition coefficient (Wildman–Crippen LogP) is 1.45. The number of likely N-dealkylation sites (N-methyl/N-ethyl adjacent to an activating group) is 1. The lowest BCUT2D eigenvalue weighted by Gasteiger charge is -2.33. The Hall–Kier alpha value is -1.85. The van der Waals surface area contributed by atoms with E-state index in [0.717, 1.165) is 38.6 Å². The third kappa shape index (κ3) is 2.62. The van der Waals surface area contributed by atoms with Crippen LogP contribution in [0, 0.1) is 0 Å². The quantitative estimate of drug-likeness (QED) is 0.859. The molecule has 2 unspecified atom stereocenters. The van der Waals surface area contributed by atoms with Crippen LogP contribution in [0.15, 0.2) is 42.6 Å². The third-order valence-electron chi connectivity index (χ3n) is 4.72. The molecule has 0 aliphatic carbocycles. The fraction of sp³-hybridized carbons (Fsp3) is 0.471. The van der Waals surface area contributed by atoms with Crippen LogP contribution in [0.1, 0.15) is 5.56 Å². The lowest BCUT2D eigenvalue weighted by molar-refractivity contribution is -0.0362. The van der Waals surface area contributed by atoms with E-state index in [1.165, 1.54) is 5.56 Å². The Bertz CT molecular complexity index is 627. The van der Waals surface area contributed by atoms with E-state index >= 15 is 0 Å². The molecule has 116 valence electrons. The summed E-state index contributed by atoms with van der Waals surface area (Å²) in [5.41, 5.74) is 1.27. The molecule has 3 heterocycles. The van der Waals surface area contributed by atoms with Gasteiger partial charge >= 0.3 is 0 Å². The van der Waals surface area contributed by atoms with Crippen LogP contribution in [0.3, 0.4) is 0 Å². The second kappa shape index (κ2) is 5.74. The predicted molar refractivity (Wildman–Crippen MR) is 86.1 cm³/mol. The first-order chi connectivity index (χ1) is 10.8. The highest BCUT2D eigenvalue weighted by atomic mass is 16.5. The van der Waals surface area contributed by atoms with Gasteiger partial charge < -0.3 is 9.64 Å². The first kappa shape index (κ1) is 13.8. The number of morpholine rings is 1. The van der Waals surface area contributed by atoms with Crippen LogP contribution in [0.5, 0.6) is 0 Å². The molecule has 2 aliphatic heterocycles. The molecule has 22 heavy (non-hydrogen) atoms. The van der Waals surface area contributed by atoms with Gasteiger partial charge in [0.2, 0.25) is 0 Å². The summed E-state index contributed by atoms with van der Waals surface area (Å²) in [6.07, 6.45) is 2.38. The maximum Gasteiger partial charge on any atom is 0.150 e. The molecule has 2 aliphatic rings. The van der Waals surface area contributed by atoms with E-state index < -0.39 is 0 Å². The Morgan fingerprint density at radius 3 is 2.86 bits per heavy atom. The van der Waals surface area contributed by atoms with Crippen LogP contribution in [-0.2, 0) is 11.3 Å². The molecule has 1 aromatic carbocycles. The van der Waals surface area contributed by atoms with Gasteiger partial charge in [-0.1, -0.05) is 30.3 Å². The molecule has 0 bridgehead atoms. The SMILES string of the molecule is CN1CCOC2CN(c3ccn(Cc4ccccc4)n3)CC21. The highest BCUT2D eigenvalue weighted by Gasteiger charge is 2.39. The van der Waals surface area contributed by atoms with Gasteiger partial charge in [-0.05, 0) is 12.6 Å². The molecule has 5 nitrogen and oxygen atoms in total. The van der Waals surface area contributed by atoms with Gasteiger partial charge in [0, 0.05) is 31.9 Å². The summed E-state index contributed by atoms with van der Waals surface area (Å²) >= 11 is 0. The van der Waals surface area contributed by atoms with Crippen LogP contribution in [0.25, 0.3) is 0 Å². The highest BCUT2D eigenvalue weighted by Crippen LogP contribution is 2.25. The number of aromatic nitrogens is 2. The second-order valence-electron chi connectivity index (χ2n) is 6.22. The minimum atomic E-state index is 0.318. The van der Waals surface area contributed by atoms with Gasteiger partial charge in [0.05, 0.1) is 25.3 Å². The maximum absolute atomic E-state index is 5.91. The van der Waals surface area contributed by atoms with Gasteiger partial charge in [-0.15, -0.1) is 0 Å². The summed E-state index contributed by atoms with van der Waals surface area (Å²) < 4.78 is 7.92. The summed E-state index contributed by atoms with van der Waals surface area (Å²) in [4.78, 5) is 4.76. The Kier molecular flexibility index (Phi) is 3.60. The Morgan fingerprint density at radius 1 is 1.18 bits per heavy atom. The van der Waals surface area contributed by atoms with Crippen LogP contribution >= 0.6 is 0 Å². The molecule has 2 fully saturated rings. The summed E-state index contributed by atoms with van der Waals surface area (Å²) in [5, 5.41) is 4.74. The molecular formula is C17H22N4O. The molecule has 2 atom stereocenters. The van der Waals surface area contributed by atoms with Gasteiger partial charge in [-0.3, -0.25) is 9.58 Å². The normalized spacial score (nSPS) is 25.4. The number of benzene rings is 1. The first-order valence-electron chi connectivity index (χ1n) is 7.94. The summed E-state index contributed by atoms with van der Waals surface area (Å²) in [6, 6.07) is 13.0. The van der Waals surface area contributed by atoms with Crippen molar-refractivity contribution >= 4 is 5.82 Å². The van der Waals surface area contributed by atoms with Crippen LogP contribution in [-0.4, -0.2) is 60.1 Å². The summed E-state index contributed by atoms with van der Waals surface area (Å²) in [5.74, 6) is 1.06. The van der Waals surface area contributed by atoms with Crippen molar-refractivity contribution in [2.75, 3.05) is 38.2 Å². The van der Waals surface area contributed by atoms with Gasteiger partial charge in [0.1, 0.15) is 0 Å². The van der Waals surface area contributed by atoms with E-state index in [1.54, 1.807) is 0 Å². The molecule has 5 heteroatoms. The topological polar surface area (TPSA) is 33.5 Å². The van der Waals surface area contributed by atoms with E-state index in [0.29, 0.717) is 12.1 Å². The van der Waals surface area contributed by atoms with Crippen molar-refractivity contribution in [3.63, 3.8) is 0 Å². The molecule has 0 spiro atoms. The third-order valence-corrected chi connectivity index (χ3v) is 4.72. The van der Waals surface area contributed by atoms with Crippen molar-refractivity contribution in [1.82, 2.24) is 14.7 Å². The van der Waals surface area contributed by atoms with E-state index in [-0.39, 0.29) is 0 Å². The Labute approximate surface area is 131 Å². The maximum atomic E-state index is 5.91. The van der Waals surface area contributed by atoms with Gasteiger partial charge in [-0.25, -0.2) is 0 Å². The zero-order chi connectivity index (χ0) is 14.9. The van der Waals surface area contributed by atoms with Crippen molar-refractivity contribution in [3.05, 3.63) is 48.2 Å². The monoisotopic (exact) mass is 298 g/mol. The number of fused-ring (bicyclic) bond motifs is 1. The zero-order valence-corrected chi connectivity index (χ0v) is 12.9. The highest BCUT2D eigenvalue weighted by molar-refractivity contribution is 5.40. The molecule has 0 saturated carbocycles. The van der Waals surface area contributed by atoms with Crippen molar-refractivity contribution in [1.29, 1.82) is 0 Å². The standard InChI is InChI=1S/C17H22N4O/c1-19-9-10-22-16-13-20(12-15(16)19)17-7-8-21(18-17)11-14-5-3-2-4-6-14/h2-8,15-16H,9-13H2,1H3. The van der Waals surface area contributed by atoms with Crippen molar-refractivity contribution in [2.45, 2.75) is 18.7 Å². The second-order valence-corrected chi connectivity index (χ2v) is 6.22. The van der Waals surface area contributed by atoms with Gasteiger partial charge in [-0.2, -0.15) is 5.10 Å². The largest absolute Gasteiger partial charge is 0.373 e. The Morgan fingerprint density at radius 2 is 2.05 bits per heavy atom. The number of ether oxygens (including phenoxy) is 1. The lowest BCUT2D eigenvalue weighted by Crippen LogP contribution is -2.48. The van der Waals surface area contributed by atoms with Crippen molar-refractivity contribution in [3.8, 4) is 0 Å². The van der Waals surface area contributed by atoms with Gasteiger partial charge in [0.25, 0.3) is 0 Å². The average Bonchev–Trinajstić information content (AvgIpc) is 3.15. The molecule has 1 aromatic heterocycles. The van der Waals surface area contributed by atoms with E-state index in [2.05, 4.69) is 53.4 Å². The lowest BCUT2D eigenvalue weighted by atomic mass is 10.1. The van der Waals surface area contributed by atoms with E-state index in [9.17, 15) is 0 Å². The minimum Gasteiger partial charge on any atom is -0.373 e. The average molecular weight is 298 g/mol. The fourth-order valence-corrected chi connectivity index (χ4v) is 3.42. The van der Waals surface area contributed by atoms with Crippen molar-refractivity contribution in [2.24, 2.45) is 0 Å². The number of anilines is 1. The van der Waals surface area contributed by atoms with Crippen LogP contribution < -0.4 is 4.90 Å². The summed E-state index contributed by atoms with van der Waals surface area (Å²) in [7, 11) is 2.19. The molecule has 4 rings (SSSR count). The zero-order valence-electron chi connectivity index (χ0n) is 12.9. The fourth-order valence-electron chi connectivity index (χ4n) is 3.42. The molecular weight excluding hydrogens is 276 g/mol. The number of nitrogens with zero attached hydrogens (tertiary/aromatic N) is 4. The van der Waals surface area contributed by atoms with Crippen molar-refractivity contribution < 1.29 is 4.74 Å². The molecule has 2 aromatic rings. The molecule has 0 N–H and O–H groups in total. The first-order valence-corrected chi connectivity index (χ1v) is 7.94. The van der Waals surface area contributed by atoms with Crippen LogP contribution in [0.2, 0.25) is 0 Å². The van der Waals surface area contributed by atoms with Gasteiger partial charge in [0.15, 0.2) is 5.82 Å².